The number of fused-ring (bicyclic) bond motifs is 1. The summed E-state index contributed by atoms with van der Waals surface area (Å²) < 4.78 is 30.2. The summed E-state index contributed by atoms with van der Waals surface area (Å²) in [6, 6.07) is 14.8. The van der Waals surface area contributed by atoms with Gasteiger partial charge in [0.1, 0.15) is 12.4 Å². The first kappa shape index (κ1) is 36.2. The van der Waals surface area contributed by atoms with E-state index in [1.165, 1.54) is 11.7 Å². The number of carbonyl (C=O) groups is 2. The van der Waals surface area contributed by atoms with Crippen molar-refractivity contribution in [2.24, 2.45) is 4.99 Å². The summed E-state index contributed by atoms with van der Waals surface area (Å²) >= 11 is 17.2. The second-order valence-electron chi connectivity index (χ2n) is 10.5. The van der Waals surface area contributed by atoms with Crippen LogP contribution in [0, 0.1) is 0 Å². The number of halogens is 3. The first-order valence-corrected chi connectivity index (χ1v) is 17.4. The van der Waals surface area contributed by atoms with E-state index in [2.05, 4.69) is 25.7 Å². The van der Waals surface area contributed by atoms with Crippen LogP contribution < -0.4 is 29.1 Å². The molecule has 0 spiro atoms. The first-order valence-electron chi connectivity index (χ1n) is 15.1. The standard InChI is InChI=1S/C35H31BrCl2N2O8S/c1-5-45-27-14-21(9-12-26(27)47-18-29(41)44-4)31-30(34(43)46-6-2)19(3)39-35-40(31)33(42)28(49-35)15-22-13-24(38)16-25(36)32(22)48-17-20-7-10-23(37)11-8-20/h7-16,31H,5-6,17-18H2,1-4H3/b28-15+/t31-/m1/s1. The van der Waals surface area contributed by atoms with Crippen molar-refractivity contribution in [2.75, 3.05) is 26.9 Å². The highest BCUT2D eigenvalue weighted by molar-refractivity contribution is 9.10. The molecule has 0 saturated heterocycles. The molecule has 0 unspecified atom stereocenters. The Morgan fingerprint density at radius 3 is 2.43 bits per heavy atom. The lowest BCUT2D eigenvalue weighted by Gasteiger charge is -2.25. The lowest BCUT2D eigenvalue weighted by molar-refractivity contribution is -0.143. The highest BCUT2D eigenvalue weighted by atomic mass is 79.9. The summed E-state index contributed by atoms with van der Waals surface area (Å²) in [4.78, 5) is 44.5. The van der Waals surface area contributed by atoms with Gasteiger partial charge in [-0.05, 0) is 90.3 Å². The summed E-state index contributed by atoms with van der Waals surface area (Å²) in [6.07, 6.45) is 1.69. The van der Waals surface area contributed by atoms with Crippen LogP contribution in [0.15, 0.2) is 80.1 Å². The van der Waals surface area contributed by atoms with Gasteiger partial charge in [-0.3, -0.25) is 9.36 Å². The molecule has 0 bridgehead atoms. The summed E-state index contributed by atoms with van der Waals surface area (Å²) in [6.45, 7) is 5.53. The van der Waals surface area contributed by atoms with E-state index in [4.69, 9.17) is 42.1 Å². The van der Waals surface area contributed by atoms with E-state index >= 15 is 0 Å². The molecule has 5 rings (SSSR count). The van der Waals surface area contributed by atoms with Crippen LogP contribution in [0.1, 0.15) is 43.5 Å². The highest BCUT2D eigenvalue weighted by Gasteiger charge is 2.34. The van der Waals surface area contributed by atoms with E-state index in [0.29, 0.717) is 57.9 Å². The molecule has 0 aliphatic carbocycles. The maximum absolute atomic E-state index is 14.3. The van der Waals surface area contributed by atoms with E-state index in [1.54, 1.807) is 69.3 Å². The predicted molar refractivity (Wildman–Crippen MR) is 190 cm³/mol. The Kier molecular flexibility index (Phi) is 11.9. The number of hydrogen-bond acceptors (Lipinski definition) is 10. The van der Waals surface area contributed by atoms with Crippen LogP contribution in [-0.2, 0) is 25.7 Å². The van der Waals surface area contributed by atoms with Gasteiger partial charge in [0.15, 0.2) is 22.9 Å². The number of allylic oxidation sites excluding steroid dienone is 1. The second-order valence-corrected chi connectivity index (χ2v) is 13.3. The van der Waals surface area contributed by atoms with E-state index < -0.39 is 23.5 Å². The Morgan fingerprint density at radius 2 is 1.73 bits per heavy atom. The molecule has 10 nitrogen and oxygen atoms in total. The molecule has 14 heteroatoms. The number of nitrogens with zero attached hydrogens (tertiary/aromatic N) is 2. The van der Waals surface area contributed by atoms with Crippen LogP contribution in [-0.4, -0.2) is 43.4 Å². The number of thiazole rings is 1. The molecule has 0 amide bonds. The second kappa shape index (κ2) is 16.1. The van der Waals surface area contributed by atoms with Crippen molar-refractivity contribution in [2.45, 2.75) is 33.4 Å². The zero-order chi connectivity index (χ0) is 35.2. The number of esters is 2. The van der Waals surface area contributed by atoms with E-state index in [0.717, 1.165) is 16.9 Å². The molecule has 3 aromatic carbocycles. The SMILES string of the molecule is CCOC(=O)C1=C(C)N=c2s/c(=C/c3cc(Cl)cc(Br)c3OCc3ccc(Cl)cc3)c(=O)n2[C@@H]1c1ccc(OCC(=O)OC)c(OCC)c1. The quantitative estimate of drug-likeness (QED) is 0.152. The zero-order valence-corrected chi connectivity index (χ0v) is 30.8. The number of benzene rings is 3. The number of hydrogen-bond donors (Lipinski definition) is 0. The predicted octanol–water partition coefficient (Wildman–Crippen LogP) is 6.40. The molecule has 256 valence electrons. The summed E-state index contributed by atoms with van der Waals surface area (Å²) in [7, 11) is 1.26. The lowest BCUT2D eigenvalue weighted by Crippen LogP contribution is -2.40. The minimum absolute atomic E-state index is 0.125. The minimum Gasteiger partial charge on any atom is -0.490 e. The molecule has 49 heavy (non-hydrogen) atoms. The van der Waals surface area contributed by atoms with Crippen molar-refractivity contribution < 1.29 is 33.3 Å². The van der Waals surface area contributed by atoms with Crippen LogP contribution in [0.2, 0.25) is 10.0 Å². The molecule has 4 aromatic rings. The number of ether oxygens (including phenoxy) is 5. The van der Waals surface area contributed by atoms with Gasteiger partial charge in [0.2, 0.25) is 0 Å². The molecule has 1 aromatic heterocycles. The number of rotatable bonds is 12. The molecule has 0 fully saturated rings. The van der Waals surface area contributed by atoms with Crippen molar-refractivity contribution in [1.29, 1.82) is 0 Å². The molecule has 1 aliphatic heterocycles. The molecule has 1 aliphatic rings. The first-order chi connectivity index (χ1) is 23.5. The smallest absolute Gasteiger partial charge is 0.343 e. The van der Waals surface area contributed by atoms with Crippen molar-refractivity contribution in [3.8, 4) is 17.2 Å². The Bertz CT molecular complexity index is 2110. The number of methoxy groups -OCH3 is 1. The van der Waals surface area contributed by atoms with Gasteiger partial charge in [0.05, 0.1) is 46.6 Å². The normalized spacial score (nSPS) is 14.2. The van der Waals surface area contributed by atoms with Crippen molar-refractivity contribution in [1.82, 2.24) is 4.57 Å². The van der Waals surface area contributed by atoms with Crippen LogP contribution in [0.4, 0.5) is 0 Å². The zero-order valence-electron chi connectivity index (χ0n) is 26.9. The van der Waals surface area contributed by atoms with Gasteiger partial charge in [-0.2, -0.15) is 0 Å². The molecule has 2 heterocycles. The third-order valence-electron chi connectivity index (χ3n) is 7.29. The third-order valence-corrected chi connectivity index (χ3v) is 9.34. The maximum atomic E-state index is 14.3. The average molecular weight is 791 g/mol. The molecule has 0 radical (unpaired) electrons. The molecule has 0 saturated carbocycles. The largest absolute Gasteiger partial charge is 0.490 e. The third kappa shape index (κ3) is 8.21. The Hall–Kier alpha value is -4.10. The fourth-order valence-electron chi connectivity index (χ4n) is 5.10. The van der Waals surface area contributed by atoms with Gasteiger partial charge < -0.3 is 23.7 Å². The number of aromatic nitrogens is 1. The summed E-state index contributed by atoms with van der Waals surface area (Å²) in [5, 5.41) is 1.05. The van der Waals surface area contributed by atoms with Crippen molar-refractivity contribution >= 4 is 68.5 Å². The topological polar surface area (TPSA) is 115 Å². The summed E-state index contributed by atoms with van der Waals surface area (Å²) in [5.74, 6) is -0.0839. The van der Waals surface area contributed by atoms with Gasteiger partial charge in [0, 0.05) is 15.6 Å². The average Bonchev–Trinajstić information content (AvgIpc) is 3.37. The van der Waals surface area contributed by atoms with E-state index in [-0.39, 0.29) is 32.0 Å². The lowest BCUT2D eigenvalue weighted by atomic mass is 9.95. The van der Waals surface area contributed by atoms with E-state index in [1.807, 2.05) is 12.1 Å². The van der Waals surface area contributed by atoms with Crippen LogP contribution in [0.3, 0.4) is 0 Å². The Labute approximate surface area is 304 Å². The fourth-order valence-corrected chi connectivity index (χ4v) is 7.21. The Morgan fingerprint density at radius 1 is 0.980 bits per heavy atom. The molecule has 1 atom stereocenters. The Balaban J connectivity index is 1.64. The van der Waals surface area contributed by atoms with E-state index in [9.17, 15) is 14.4 Å². The summed E-state index contributed by atoms with van der Waals surface area (Å²) in [5.41, 5.74) is 2.19. The van der Waals surface area contributed by atoms with Gasteiger partial charge >= 0.3 is 11.9 Å². The molecule has 0 N–H and O–H groups in total. The van der Waals surface area contributed by atoms with Gasteiger partial charge in [-0.1, -0.05) is 52.7 Å². The fraction of sp³-hybridized carbons (Fsp3) is 0.257. The van der Waals surface area contributed by atoms with Gasteiger partial charge in [-0.15, -0.1) is 0 Å². The van der Waals surface area contributed by atoms with Gasteiger partial charge in [-0.25, -0.2) is 14.6 Å². The molecular formula is C35H31BrCl2N2O8S. The monoisotopic (exact) mass is 788 g/mol. The number of carbonyl (C=O) groups excluding carboxylic acids is 2. The van der Waals surface area contributed by atoms with Crippen LogP contribution >= 0.6 is 50.5 Å². The van der Waals surface area contributed by atoms with Crippen LogP contribution in [0.5, 0.6) is 17.2 Å². The highest BCUT2D eigenvalue weighted by Crippen LogP contribution is 2.37. The van der Waals surface area contributed by atoms with Crippen molar-refractivity contribution in [3.05, 3.63) is 117 Å². The van der Waals surface area contributed by atoms with Crippen LogP contribution in [0.25, 0.3) is 6.08 Å². The van der Waals surface area contributed by atoms with Gasteiger partial charge in [0.25, 0.3) is 5.56 Å². The maximum Gasteiger partial charge on any atom is 0.343 e. The van der Waals surface area contributed by atoms with Crippen molar-refractivity contribution in [3.63, 3.8) is 0 Å². The molecular weight excluding hydrogens is 759 g/mol. The minimum atomic E-state index is -0.918.